The molecule has 1 aromatic heterocycles. The highest BCUT2D eigenvalue weighted by atomic mass is 16.6. The molecule has 0 unspecified atom stereocenters. The van der Waals surface area contributed by atoms with E-state index in [1.165, 1.54) is 0 Å². The van der Waals surface area contributed by atoms with E-state index in [1.807, 2.05) is 51.2 Å². The highest BCUT2D eigenvalue weighted by molar-refractivity contribution is 5.69. The summed E-state index contributed by atoms with van der Waals surface area (Å²) in [6.07, 6.45) is 3.39. The summed E-state index contributed by atoms with van der Waals surface area (Å²) in [5.41, 5.74) is 1.23. The smallest absolute Gasteiger partial charge is 0.410 e. The highest BCUT2D eigenvalue weighted by Gasteiger charge is 2.34. The van der Waals surface area contributed by atoms with Crippen LogP contribution >= 0.6 is 0 Å². The lowest BCUT2D eigenvalue weighted by atomic mass is 10.1. The van der Waals surface area contributed by atoms with Gasteiger partial charge in [-0.1, -0.05) is 12.1 Å². The summed E-state index contributed by atoms with van der Waals surface area (Å²) in [4.78, 5) is 22.2. The fraction of sp³-hybridized carbons (Fsp3) is 0.474. The van der Waals surface area contributed by atoms with Crippen molar-refractivity contribution in [2.45, 2.75) is 45.3 Å². The minimum atomic E-state index is -0.504. The number of amides is 1. The van der Waals surface area contributed by atoms with Crippen LogP contribution in [0.15, 0.2) is 30.5 Å². The topological polar surface area (TPSA) is 67.5 Å². The Bertz CT molecular complexity index is 748. The van der Waals surface area contributed by atoms with E-state index < -0.39 is 5.60 Å². The van der Waals surface area contributed by atoms with Gasteiger partial charge in [0, 0.05) is 18.3 Å². The molecule has 0 aliphatic carbocycles. The third kappa shape index (κ3) is 3.78. The maximum atomic E-state index is 12.5. The maximum Gasteiger partial charge on any atom is 0.410 e. The number of nitrogens with one attached hydrogen (secondary N) is 1. The SMILES string of the molecule is COc1ccccc1-c1c[nH]c([C@@H]2CCCN2C(=O)OC(C)(C)C)n1. The van der Waals surface area contributed by atoms with Gasteiger partial charge in [0.05, 0.1) is 18.8 Å². The van der Waals surface area contributed by atoms with E-state index in [1.54, 1.807) is 12.0 Å². The average molecular weight is 343 g/mol. The Kier molecular flexibility index (Phi) is 4.70. The Labute approximate surface area is 148 Å². The van der Waals surface area contributed by atoms with Gasteiger partial charge in [0.15, 0.2) is 0 Å². The van der Waals surface area contributed by atoms with Gasteiger partial charge in [-0.3, -0.25) is 4.90 Å². The molecule has 0 spiro atoms. The van der Waals surface area contributed by atoms with Crippen LogP contribution in [0.3, 0.4) is 0 Å². The van der Waals surface area contributed by atoms with Crippen molar-refractivity contribution in [3.63, 3.8) is 0 Å². The molecule has 0 saturated carbocycles. The van der Waals surface area contributed by atoms with E-state index in [9.17, 15) is 4.79 Å². The first-order chi connectivity index (χ1) is 11.9. The van der Waals surface area contributed by atoms with Crippen molar-refractivity contribution in [3.05, 3.63) is 36.3 Å². The zero-order chi connectivity index (χ0) is 18.0. The molecule has 0 bridgehead atoms. The van der Waals surface area contributed by atoms with Crippen molar-refractivity contribution in [2.24, 2.45) is 0 Å². The van der Waals surface area contributed by atoms with Gasteiger partial charge in [-0.25, -0.2) is 9.78 Å². The number of ether oxygens (including phenoxy) is 2. The van der Waals surface area contributed by atoms with Crippen LogP contribution in [0.1, 0.15) is 45.5 Å². The zero-order valence-corrected chi connectivity index (χ0v) is 15.2. The van der Waals surface area contributed by atoms with Gasteiger partial charge in [-0.2, -0.15) is 0 Å². The number of imidazole rings is 1. The second-order valence-corrected chi connectivity index (χ2v) is 7.20. The molecule has 6 nitrogen and oxygen atoms in total. The fourth-order valence-corrected chi connectivity index (χ4v) is 3.09. The molecule has 134 valence electrons. The molecule has 1 amide bonds. The summed E-state index contributed by atoms with van der Waals surface area (Å²) in [6.45, 7) is 6.32. The number of nitrogens with zero attached hydrogens (tertiary/aromatic N) is 2. The van der Waals surface area contributed by atoms with E-state index in [0.29, 0.717) is 6.54 Å². The molecule has 1 aliphatic heterocycles. The van der Waals surface area contributed by atoms with Gasteiger partial charge in [-0.05, 0) is 45.7 Å². The molecule has 2 aromatic rings. The Morgan fingerprint density at radius 1 is 1.32 bits per heavy atom. The lowest BCUT2D eigenvalue weighted by molar-refractivity contribution is 0.0219. The number of hydrogen-bond acceptors (Lipinski definition) is 4. The fourth-order valence-electron chi connectivity index (χ4n) is 3.09. The molecular formula is C19H25N3O3. The van der Waals surface area contributed by atoms with Crippen molar-refractivity contribution >= 4 is 6.09 Å². The highest BCUT2D eigenvalue weighted by Crippen LogP contribution is 2.34. The molecule has 25 heavy (non-hydrogen) atoms. The van der Waals surface area contributed by atoms with E-state index in [4.69, 9.17) is 14.5 Å². The maximum absolute atomic E-state index is 12.5. The molecule has 1 saturated heterocycles. The van der Waals surface area contributed by atoms with E-state index in [2.05, 4.69) is 4.98 Å². The van der Waals surface area contributed by atoms with Crippen molar-refractivity contribution in [1.29, 1.82) is 0 Å². The van der Waals surface area contributed by atoms with Gasteiger partial charge in [0.25, 0.3) is 0 Å². The summed E-state index contributed by atoms with van der Waals surface area (Å²) in [6, 6.07) is 7.68. The largest absolute Gasteiger partial charge is 0.496 e. The zero-order valence-electron chi connectivity index (χ0n) is 15.2. The summed E-state index contributed by atoms with van der Waals surface area (Å²) in [5, 5.41) is 0. The minimum Gasteiger partial charge on any atom is -0.496 e. The van der Waals surface area contributed by atoms with Crippen LogP contribution in [0.4, 0.5) is 4.79 Å². The molecule has 6 heteroatoms. The number of H-pyrrole nitrogens is 1. The average Bonchev–Trinajstić information content (AvgIpc) is 3.22. The number of hydrogen-bond donors (Lipinski definition) is 1. The summed E-state index contributed by atoms with van der Waals surface area (Å²) in [7, 11) is 1.65. The molecule has 1 aliphatic rings. The molecule has 1 N–H and O–H groups in total. The van der Waals surface area contributed by atoms with Crippen molar-refractivity contribution in [2.75, 3.05) is 13.7 Å². The molecule has 2 heterocycles. The van der Waals surface area contributed by atoms with Gasteiger partial charge in [-0.15, -0.1) is 0 Å². The first kappa shape index (κ1) is 17.3. The quantitative estimate of drug-likeness (QED) is 0.909. The van der Waals surface area contributed by atoms with Crippen molar-refractivity contribution in [3.8, 4) is 17.0 Å². The number of para-hydroxylation sites is 1. The van der Waals surface area contributed by atoms with E-state index in [-0.39, 0.29) is 12.1 Å². The third-order valence-corrected chi connectivity index (χ3v) is 4.18. The molecule has 1 fully saturated rings. The first-order valence-corrected chi connectivity index (χ1v) is 8.57. The second-order valence-electron chi connectivity index (χ2n) is 7.20. The van der Waals surface area contributed by atoms with Gasteiger partial charge >= 0.3 is 6.09 Å². The van der Waals surface area contributed by atoms with E-state index in [0.717, 1.165) is 35.7 Å². The second kappa shape index (κ2) is 6.78. The van der Waals surface area contributed by atoms with Gasteiger partial charge in [0.2, 0.25) is 0 Å². The molecule has 1 atom stereocenters. The van der Waals surface area contributed by atoms with Crippen LogP contribution < -0.4 is 4.74 Å². The number of likely N-dealkylation sites (tertiary alicyclic amines) is 1. The van der Waals surface area contributed by atoms with Crippen LogP contribution in [-0.4, -0.2) is 40.2 Å². The Morgan fingerprint density at radius 2 is 2.08 bits per heavy atom. The molecular weight excluding hydrogens is 318 g/mol. The first-order valence-electron chi connectivity index (χ1n) is 8.57. The summed E-state index contributed by atoms with van der Waals surface area (Å²) in [5.74, 6) is 1.56. The number of rotatable bonds is 3. The number of methoxy groups -OCH3 is 1. The predicted molar refractivity (Wildman–Crippen MR) is 95.5 cm³/mol. The van der Waals surface area contributed by atoms with Crippen molar-refractivity contribution < 1.29 is 14.3 Å². The number of carbonyl (C=O) groups is 1. The van der Waals surface area contributed by atoms with Crippen LogP contribution in [0.25, 0.3) is 11.3 Å². The monoisotopic (exact) mass is 343 g/mol. The summed E-state index contributed by atoms with van der Waals surface area (Å²) >= 11 is 0. The normalized spacial score (nSPS) is 17.6. The van der Waals surface area contributed by atoms with Crippen LogP contribution in [0, 0.1) is 0 Å². The standard InChI is InChI=1S/C19H25N3O3/c1-19(2,3)25-18(23)22-11-7-9-15(22)17-20-12-14(21-17)13-8-5-6-10-16(13)24-4/h5-6,8,10,12,15H,7,9,11H2,1-4H3,(H,20,21)/t15-/m0/s1. The van der Waals surface area contributed by atoms with Gasteiger partial charge in [0.1, 0.15) is 17.2 Å². The minimum absolute atomic E-state index is 0.0849. The number of carbonyl (C=O) groups excluding carboxylic acids is 1. The number of aromatic nitrogens is 2. The third-order valence-electron chi connectivity index (χ3n) is 4.18. The number of benzene rings is 1. The lowest BCUT2D eigenvalue weighted by Crippen LogP contribution is -2.36. The van der Waals surface area contributed by atoms with Crippen LogP contribution in [0.2, 0.25) is 0 Å². The lowest BCUT2D eigenvalue weighted by Gasteiger charge is -2.27. The van der Waals surface area contributed by atoms with Crippen molar-refractivity contribution in [1.82, 2.24) is 14.9 Å². The van der Waals surface area contributed by atoms with E-state index >= 15 is 0 Å². The summed E-state index contributed by atoms with van der Waals surface area (Å²) < 4.78 is 10.9. The molecule has 1 aromatic carbocycles. The van der Waals surface area contributed by atoms with Crippen LogP contribution in [0.5, 0.6) is 5.75 Å². The molecule has 3 rings (SSSR count). The van der Waals surface area contributed by atoms with Gasteiger partial charge < -0.3 is 14.5 Å². The van der Waals surface area contributed by atoms with Crippen LogP contribution in [-0.2, 0) is 4.74 Å². The Morgan fingerprint density at radius 3 is 2.80 bits per heavy atom. The Hall–Kier alpha value is -2.50. The predicted octanol–water partition coefficient (Wildman–Crippen LogP) is 4.16. The number of aromatic amines is 1. The molecule has 0 radical (unpaired) electrons. The Balaban J connectivity index is 1.83.